The Bertz CT molecular complexity index is 2250. The maximum absolute atomic E-state index is 15.1. The van der Waals surface area contributed by atoms with Crippen LogP contribution in [0.25, 0.3) is 10.8 Å². The molecular formula is C60H89N3O6Si2. The summed E-state index contributed by atoms with van der Waals surface area (Å²) in [7, 11) is -4.28. The monoisotopic (exact) mass is 1000 g/mol. The molecule has 4 aromatic rings. The Morgan fingerprint density at radius 3 is 1.73 bits per heavy atom. The van der Waals surface area contributed by atoms with E-state index in [-0.39, 0.29) is 43.1 Å². The molecule has 1 aliphatic rings. The number of ether oxygens (including phenoxy) is 1. The Balaban J connectivity index is 1.42. The van der Waals surface area contributed by atoms with Crippen LogP contribution < -0.4 is 10.1 Å². The number of fused-ring (bicyclic) bond motifs is 1. The number of rotatable bonds is 24. The summed E-state index contributed by atoms with van der Waals surface area (Å²) in [6.45, 7) is 30.1. The summed E-state index contributed by atoms with van der Waals surface area (Å²) in [6, 6.07) is 31.4. The molecule has 11 heteroatoms. The molecule has 0 fully saturated rings. The van der Waals surface area contributed by atoms with E-state index in [1.54, 1.807) is 4.90 Å². The molecule has 0 aliphatic carbocycles. The molecule has 9 nitrogen and oxygen atoms in total. The SMILES string of the molecule is CC(C)[Si](OCCC[C@@H]1CN(C(=O)Cc2ccc3ccccc3c2)C/C=C/CN(C(=O)CCc2ccc(OCc3ccccc3)cc2)[C@@H](CCCO[Si](C(C)C)(C(C)C)C(C)C)C(=O)N1)(C(C)C)C(C)C. The largest absolute Gasteiger partial charge is 0.489 e. The molecule has 2 atom stereocenters. The van der Waals surface area contributed by atoms with E-state index >= 15 is 4.79 Å². The highest BCUT2D eigenvalue weighted by molar-refractivity contribution is 6.78. The van der Waals surface area contributed by atoms with E-state index in [4.69, 9.17) is 13.6 Å². The van der Waals surface area contributed by atoms with Crippen LogP contribution in [0, 0.1) is 0 Å². The molecule has 0 saturated heterocycles. The van der Waals surface area contributed by atoms with Crippen molar-refractivity contribution in [2.45, 2.75) is 180 Å². The van der Waals surface area contributed by atoms with Crippen molar-refractivity contribution in [1.82, 2.24) is 15.1 Å². The second-order valence-corrected chi connectivity index (χ2v) is 32.9. The third-order valence-corrected chi connectivity index (χ3v) is 27.6. The fraction of sp³-hybridized carbons (Fsp3) is 0.550. The standard InChI is InChI=1S/C60H89N3O6Si2/c1-44(2)70(45(3)4,46(5)6)68-38-20-26-55-42-62(59(65)41-52-28-32-53-24-16-17-25-54(53)40-52)36-18-19-37-63(57(60(66)61-55)27-21-39-69-71(47(7)8,48(9)10)49(11)12)58(64)35-31-50-29-33-56(34-30-50)67-43-51-22-14-13-15-23-51/h13-19,22-25,28-30,32-34,40,44-49,55,57H,20-21,26-27,31,35-39,41-43H2,1-12H3,(H,61,66)/b19-18+/t55-,57+/m1/s1. The van der Waals surface area contributed by atoms with Gasteiger partial charge in [0.15, 0.2) is 16.6 Å². The first-order valence-electron chi connectivity index (χ1n) is 26.9. The molecule has 5 rings (SSSR count). The van der Waals surface area contributed by atoms with Crippen molar-refractivity contribution in [2.24, 2.45) is 0 Å². The van der Waals surface area contributed by atoms with E-state index in [0.717, 1.165) is 39.6 Å². The molecule has 0 bridgehead atoms. The first kappa shape index (κ1) is 57.3. The van der Waals surface area contributed by atoms with Gasteiger partial charge in [0.2, 0.25) is 17.7 Å². The topological polar surface area (TPSA) is 97.4 Å². The summed E-state index contributed by atoms with van der Waals surface area (Å²) in [4.78, 5) is 47.9. The summed E-state index contributed by atoms with van der Waals surface area (Å²) in [5.74, 6) is 0.501. The van der Waals surface area contributed by atoms with Crippen LogP contribution >= 0.6 is 0 Å². The van der Waals surface area contributed by atoms with E-state index in [2.05, 4.69) is 113 Å². The second kappa shape index (κ2) is 27.5. The van der Waals surface area contributed by atoms with Gasteiger partial charge in [-0.3, -0.25) is 14.4 Å². The number of carbonyl (C=O) groups excluding carboxylic acids is 3. The maximum Gasteiger partial charge on any atom is 0.243 e. The van der Waals surface area contributed by atoms with Crippen LogP contribution in [0.1, 0.15) is 132 Å². The molecule has 71 heavy (non-hydrogen) atoms. The average Bonchev–Trinajstić information content (AvgIpc) is 3.36. The molecular weight excluding hydrogens is 915 g/mol. The Labute approximate surface area is 430 Å². The van der Waals surface area contributed by atoms with E-state index in [1.165, 1.54) is 0 Å². The first-order valence-corrected chi connectivity index (χ1v) is 31.2. The summed E-state index contributed by atoms with van der Waals surface area (Å²) >= 11 is 0. The normalized spacial score (nSPS) is 16.9. The maximum atomic E-state index is 15.1. The lowest BCUT2D eigenvalue weighted by atomic mass is 10.0. The minimum absolute atomic E-state index is 0.00301. The van der Waals surface area contributed by atoms with E-state index in [0.29, 0.717) is 91.8 Å². The highest BCUT2D eigenvalue weighted by Gasteiger charge is 2.46. The van der Waals surface area contributed by atoms with Crippen LogP contribution in [0.15, 0.2) is 109 Å². The molecule has 4 aromatic carbocycles. The van der Waals surface area contributed by atoms with Gasteiger partial charge in [0.1, 0.15) is 18.4 Å². The van der Waals surface area contributed by atoms with Gasteiger partial charge in [-0.25, -0.2) is 0 Å². The lowest BCUT2D eigenvalue weighted by molar-refractivity contribution is -0.140. The van der Waals surface area contributed by atoms with Gasteiger partial charge in [-0.05, 0) is 105 Å². The molecule has 0 unspecified atom stereocenters. The third kappa shape index (κ3) is 15.5. The van der Waals surface area contributed by atoms with Gasteiger partial charge < -0.3 is 28.7 Å². The molecule has 0 saturated carbocycles. The van der Waals surface area contributed by atoms with Crippen LogP contribution in [-0.2, 0) is 42.7 Å². The zero-order valence-electron chi connectivity index (χ0n) is 45.5. The Kier molecular flexibility index (Phi) is 22.2. The first-order chi connectivity index (χ1) is 33.9. The Morgan fingerprint density at radius 2 is 1.14 bits per heavy atom. The van der Waals surface area contributed by atoms with Crippen LogP contribution in [0.3, 0.4) is 0 Å². The van der Waals surface area contributed by atoms with Crippen molar-refractivity contribution >= 4 is 45.1 Å². The van der Waals surface area contributed by atoms with E-state index in [1.807, 2.05) is 89.8 Å². The van der Waals surface area contributed by atoms with Gasteiger partial charge in [0.25, 0.3) is 0 Å². The lowest BCUT2D eigenvalue weighted by Crippen LogP contribution is -2.54. The molecule has 0 spiro atoms. The van der Waals surface area contributed by atoms with Gasteiger partial charge in [0.05, 0.1) is 6.42 Å². The summed E-state index contributed by atoms with van der Waals surface area (Å²) in [5, 5.41) is 5.69. The van der Waals surface area contributed by atoms with Crippen molar-refractivity contribution in [3.63, 3.8) is 0 Å². The van der Waals surface area contributed by atoms with Gasteiger partial charge in [0, 0.05) is 45.3 Å². The fourth-order valence-corrected chi connectivity index (χ4v) is 22.9. The smallest absolute Gasteiger partial charge is 0.243 e. The Morgan fingerprint density at radius 1 is 0.606 bits per heavy atom. The molecule has 1 heterocycles. The number of carbonyl (C=O) groups is 3. The van der Waals surface area contributed by atoms with Crippen LogP contribution in [-0.4, -0.2) is 89.1 Å². The van der Waals surface area contributed by atoms with Crippen molar-refractivity contribution < 1.29 is 28.0 Å². The van der Waals surface area contributed by atoms with E-state index < -0.39 is 22.7 Å². The van der Waals surface area contributed by atoms with Crippen molar-refractivity contribution in [1.29, 1.82) is 0 Å². The number of nitrogens with one attached hydrogen (secondary N) is 1. The molecule has 0 radical (unpaired) electrons. The molecule has 388 valence electrons. The minimum Gasteiger partial charge on any atom is -0.489 e. The predicted octanol–water partition coefficient (Wildman–Crippen LogP) is 13.6. The summed E-state index contributed by atoms with van der Waals surface area (Å²) in [5.41, 5.74) is 5.73. The number of aryl methyl sites for hydroxylation is 1. The molecule has 1 aliphatic heterocycles. The van der Waals surface area contributed by atoms with E-state index in [9.17, 15) is 9.59 Å². The second-order valence-electron chi connectivity index (χ2n) is 21.9. The molecule has 0 aromatic heterocycles. The molecule has 1 N–H and O–H groups in total. The zero-order valence-corrected chi connectivity index (χ0v) is 47.5. The van der Waals surface area contributed by atoms with Crippen LogP contribution in [0.5, 0.6) is 5.75 Å². The average molecular weight is 1000 g/mol. The quantitative estimate of drug-likeness (QED) is 0.0427. The van der Waals surface area contributed by atoms with Crippen molar-refractivity contribution in [3.05, 3.63) is 126 Å². The third-order valence-electron chi connectivity index (χ3n) is 15.3. The van der Waals surface area contributed by atoms with Gasteiger partial charge in [-0.15, -0.1) is 0 Å². The summed E-state index contributed by atoms with van der Waals surface area (Å²) in [6.07, 6.45) is 7.45. The Hall–Kier alpha value is -4.56. The highest BCUT2D eigenvalue weighted by Crippen LogP contribution is 2.43. The number of amides is 3. The van der Waals surface area contributed by atoms with Crippen molar-refractivity contribution in [3.8, 4) is 5.75 Å². The predicted molar refractivity (Wildman–Crippen MR) is 299 cm³/mol. The van der Waals surface area contributed by atoms with Crippen molar-refractivity contribution in [2.75, 3.05) is 32.8 Å². The highest BCUT2D eigenvalue weighted by atomic mass is 28.4. The summed E-state index contributed by atoms with van der Waals surface area (Å²) < 4.78 is 20.1. The number of benzene rings is 4. The number of hydrogen-bond acceptors (Lipinski definition) is 6. The lowest BCUT2D eigenvalue weighted by Gasteiger charge is -2.42. The minimum atomic E-state index is -2.16. The van der Waals surface area contributed by atoms with Crippen LogP contribution in [0.2, 0.25) is 33.2 Å². The van der Waals surface area contributed by atoms with Gasteiger partial charge >= 0.3 is 0 Å². The van der Waals surface area contributed by atoms with Crippen LogP contribution in [0.4, 0.5) is 0 Å². The number of hydrogen-bond donors (Lipinski definition) is 1. The molecule has 3 amide bonds. The van der Waals surface area contributed by atoms with Gasteiger partial charge in [-0.2, -0.15) is 0 Å². The van der Waals surface area contributed by atoms with Gasteiger partial charge in [-0.1, -0.05) is 180 Å². The fourth-order valence-electron chi connectivity index (χ4n) is 11.9. The zero-order chi connectivity index (χ0) is 51.7. The number of nitrogens with zero attached hydrogens (tertiary/aromatic N) is 2.